The van der Waals surface area contributed by atoms with Crippen LogP contribution >= 0.6 is 0 Å². The molecule has 1 heterocycles. The van der Waals surface area contributed by atoms with Crippen LogP contribution in [0, 0.1) is 0 Å². The van der Waals surface area contributed by atoms with Gasteiger partial charge in [0.15, 0.2) is 0 Å². The van der Waals surface area contributed by atoms with Crippen LogP contribution in [0.25, 0.3) is 0 Å². The Morgan fingerprint density at radius 1 is 1.36 bits per heavy atom. The normalized spacial score (nSPS) is 11.9. The Kier molecular flexibility index (Phi) is 2.98. The molecular formula is C9H10F3NO. The number of ether oxygens (including phenoxy) is 1. The van der Waals surface area contributed by atoms with Crippen LogP contribution in [0.15, 0.2) is 18.3 Å². The van der Waals surface area contributed by atoms with E-state index in [1.165, 1.54) is 12.3 Å². The number of aromatic nitrogens is 1. The molecule has 0 spiro atoms. The van der Waals surface area contributed by atoms with Crippen LogP contribution < -0.4 is 4.74 Å². The molecule has 1 aromatic heterocycles. The number of pyridine rings is 1. The molecule has 1 aromatic rings. The SMILES string of the molecule is CC(C)Oc1ncccc1C(F)(F)F. The third-order valence-corrected chi connectivity index (χ3v) is 1.42. The van der Waals surface area contributed by atoms with Crippen LogP contribution in [0.2, 0.25) is 0 Å². The number of alkyl halides is 3. The van der Waals surface area contributed by atoms with Crippen LogP contribution in [0.1, 0.15) is 19.4 Å². The Labute approximate surface area is 79.7 Å². The molecule has 2 nitrogen and oxygen atoms in total. The largest absolute Gasteiger partial charge is 0.475 e. The molecule has 0 fully saturated rings. The molecule has 0 atom stereocenters. The number of hydrogen-bond donors (Lipinski definition) is 0. The topological polar surface area (TPSA) is 22.1 Å². The van der Waals surface area contributed by atoms with Crippen LogP contribution in [0.4, 0.5) is 13.2 Å². The summed E-state index contributed by atoms with van der Waals surface area (Å²) in [5.74, 6) is -0.366. The Morgan fingerprint density at radius 2 is 2.00 bits per heavy atom. The van der Waals surface area contributed by atoms with Crippen molar-refractivity contribution in [3.8, 4) is 5.88 Å². The third kappa shape index (κ3) is 2.61. The Hall–Kier alpha value is -1.26. The summed E-state index contributed by atoms with van der Waals surface area (Å²) < 4.78 is 42.1. The lowest BCUT2D eigenvalue weighted by Crippen LogP contribution is -2.13. The van der Waals surface area contributed by atoms with E-state index in [0.29, 0.717) is 0 Å². The van der Waals surface area contributed by atoms with E-state index in [1.807, 2.05) is 0 Å². The van der Waals surface area contributed by atoms with Crippen molar-refractivity contribution in [1.82, 2.24) is 4.98 Å². The highest BCUT2D eigenvalue weighted by Gasteiger charge is 2.35. The summed E-state index contributed by atoms with van der Waals surface area (Å²) in [5, 5.41) is 0. The summed E-state index contributed by atoms with van der Waals surface area (Å²) in [5.41, 5.74) is -0.839. The van der Waals surface area contributed by atoms with Crippen LogP contribution in [0.3, 0.4) is 0 Å². The van der Waals surface area contributed by atoms with Gasteiger partial charge in [0.2, 0.25) is 5.88 Å². The van der Waals surface area contributed by atoms with E-state index in [1.54, 1.807) is 13.8 Å². The van der Waals surface area contributed by atoms with Gasteiger partial charge in [-0.2, -0.15) is 13.2 Å². The monoisotopic (exact) mass is 205 g/mol. The molecule has 5 heteroatoms. The van der Waals surface area contributed by atoms with Crippen LogP contribution in [-0.2, 0) is 6.18 Å². The first-order valence-corrected chi connectivity index (χ1v) is 4.10. The lowest BCUT2D eigenvalue weighted by atomic mass is 10.2. The summed E-state index contributed by atoms with van der Waals surface area (Å²) in [6, 6.07) is 2.18. The van der Waals surface area contributed by atoms with Gasteiger partial charge in [0.1, 0.15) is 5.56 Å². The number of rotatable bonds is 2. The molecule has 0 saturated carbocycles. The van der Waals surface area contributed by atoms with Gasteiger partial charge in [0, 0.05) is 6.20 Å². The molecule has 1 rings (SSSR count). The number of hydrogen-bond acceptors (Lipinski definition) is 2. The molecule has 0 saturated heterocycles. The lowest BCUT2D eigenvalue weighted by Gasteiger charge is -2.14. The summed E-state index contributed by atoms with van der Waals surface area (Å²) in [7, 11) is 0. The van der Waals surface area contributed by atoms with Crippen molar-refractivity contribution in [1.29, 1.82) is 0 Å². The first-order chi connectivity index (χ1) is 6.41. The smallest absolute Gasteiger partial charge is 0.421 e. The highest BCUT2D eigenvalue weighted by Crippen LogP contribution is 2.34. The minimum atomic E-state index is -4.42. The fourth-order valence-corrected chi connectivity index (χ4v) is 0.924. The van der Waals surface area contributed by atoms with Gasteiger partial charge in [-0.05, 0) is 26.0 Å². The number of halogens is 3. The van der Waals surface area contributed by atoms with Crippen molar-refractivity contribution in [3.05, 3.63) is 23.9 Å². The van der Waals surface area contributed by atoms with Crippen molar-refractivity contribution >= 4 is 0 Å². The zero-order valence-electron chi connectivity index (χ0n) is 7.80. The zero-order valence-corrected chi connectivity index (χ0v) is 7.80. The summed E-state index contributed by atoms with van der Waals surface area (Å²) in [6.07, 6.45) is -3.48. The van der Waals surface area contributed by atoms with E-state index < -0.39 is 11.7 Å². The molecule has 0 N–H and O–H groups in total. The summed E-state index contributed by atoms with van der Waals surface area (Å²) in [6.45, 7) is 3.30. The van der Waals surface area contributed by atoms with Crippen molar-refractivity contribution in [2.24, 2.45) is 0 Å². The molecule has 14 heavy (non-hydrogen) atoms. The molecular weight excluding hydrogens is 195 g/mol. The highest BCUT2D eigenvalue weighted by molar-refractivity contribution is 5.28. The maximum atomic E-state index is 12.4. The summed E-state index contributed by atoms with van der Waals surface area (Å²) in [4.78, 5) is 3.54. The van der Waals surface area contributed by atoms with Crippen LogP contribution in [-0.4, -0.2) is 11.1 Å². The second-order valence-electron chi connectivity index (χ2n) is 3.02. The van der Waals surface area contributed by atoms with E-state index in [9.17, 15) is 13.2 Å². The summed E-state index contributed by atoms with van der Waals surface area (Å²) >= 11 is 0. The fraction of sp³-hybridized carbons (Fsp3) is 0.444. The molecule has 0 radical (unpaired) electrons. The second-order valence-corrected chi connectivity index (χ2v) is 3.02. The standard InChI is InChI=1S/C9H10F3NO/c1-6(2)14-8-7(9(10,11)12)4-3-5-13-8/h3-6H,1-2H3. The van der Waals surface area contributed by atoms with Gasteiger partial charge in [0.05, 0.1) is 6.10 Å². The Bertz CT molecular complexity index is 309. The Balaban J connectivity index is 3.04. The van der Waals surface area contributed by atoms with Gasteiger partial charge in [-0.15, -0.1) is 0 Å². The van der Waals surface area contributed by atoms with Gasteiger partial charge >= 0.3 is 6.18 Å². The maximum absolute atomic E-state index is 12.4. The van der Waals surface area contributed by atoms with Gasteiger partial charge in [-0.1, -0.05) is 0 Å². The second kappa shape index (κ2) is 3.86. The van der Waals surface area contributed by atoms with E-state index in [2.05, 4.69) is 4.98 Å². The first kappa shape index (κ1) is 10.8. The molecule has 0 aliphatic heterocycles. The van der Waals surface area contributed by atoms with Gasteiger partial charge < -0.3 is 4.74 Å². The maximum Gasteiger partial charge on any atom is 0.421 e. The average molecular weight is 205 g/mol. The average Bonchev–Trinajstić information content (AvgIpc) is 2.01. The molecule has 0 aliphatic carbocycles. The Morgan fingerprint density at radius 3 is 2.50 bits per heavy atom. The highest BCUT2D eigenvalue weighted by atomic mass is 19.4. The van der Waals surface area contributed by atoms with Gasteiger partial charge in [0.25, 0.3) is 0 Å². The molecule has 78 valence electrons. The number of nitrogens with zero attached hydrogens (tertiary/aromatic N) is 1. The minimum Gasteiger partial charge on any atom is -0.475 e. The van der Waals surface area contributed by atoms with Gasteiger partial charge in [-0.25, -0.2) is 4.98 Å². The molecule has 0 unspecified atom stereocenters. The molecule has 0 amide bonds. The predicted molar refractivity (Wildman–Crippen MR) is 45.0 cm³/mol. The van der Waals surface area contributed by atoms with Crippen molar-refractivity contribution in [2.75, 3.05) is 0 Å². The van der Waals surface area contributed by atoms with E-state index >= 15 is 0 Å². The minimum absolute atomic E-state index is 0.328. The quantitative estimate of drug-likeness (QED) is 0.740. The molecule has 0 aliphatic rings. The van der Waals surface area contributed by atoms with E-state index in [4.69, 9.17) is 4.74 Å². The molecule has 0 aromatic carbocycles. The fourth-order valence-electron chi connectivity index (χ4n) is 0.924. The van der Waals surface area contributed by atoms with Gasteiger partial charge in [-0.3, -0.25) is 0 Å². The van der Waals surface area contributed by atoms with Crippen LogP contribution in [0.5, 0.6) is 5.88 Å². The molecule has 0 bridgehead atoms. The van der Waals surface area contributed by atoms with Crippen molar-refractivity contribution in [2.45, 2.75) is 26.1 Å². The lowest BCUT2D eigenvalue weighted by molar-refractivity contribution is -0.139. The zero-order chi connectivity index (χ0) is 10.8. The first-order valence-electron chi connectivity index (χ1n) is 4.10. The predicted octanol–water partition coefficient (Wildman–Crippen LogP) is 2.89. The van der Waals surface area contributed by atoms with Crippen molar-refractivity contribution < 1.29 is 17.9 Å². The third-order valence-electron chi connectivity index (χ3n) is 1.42. The van der Waals surface area contributed by atoms with E-state index in [0.717, 1.165) is 6.07 Å². The van der Waals surface area contributed by atoms with E-state index in [-0.39, 0.29) is 12.0 Å². The van der Waals surface area contributed by atoms with Crippen molar-refractivity contribution in [3.63, 3.8) is 0 Å².